The van der Waals surface area contributed by atoms with Crippen LogP contribution in [0.4, 0.5) is 0 Å². The van der Waals surface area contributed by atoms with E-state index in [0.717, 1.165) is 5.56 Å². The summed E-state index contributed by atoms with van der Waals surface area (Å²) in [5.41, 5.74) is 0.834. The van der Waals surface area contributed by atoms with Crippen LogP contribution in [-0.4, -0.2) is 25.1 Å². The number of methoxy groups -OCH3 is 2. The first-order chi connectivity index (χ1) is 11.7. The first kappa shape index (κ1) is 17.2. The van der Waals surface area contributed by atoms with Crippen molar-refractivity contribution >= 4 is 5.91 Å². The van der Waals surface area contributed by atoms with Gasteiger partial charge in [0.2, 0.25) is 11.6 Å². The van der Waals surface area contributed by atoms with Gasteiger partial charge in [-0.2, -0.15) is 0 Å². The van der Waals surface area contributed by atoms with E-state index in [9.17, 15) is 4.79 Å². The number of hydrogen-bond acceptors (Lipinski definition) is 5. The molecule has 1 heterocycles. The fourth-order valence-corrected chi connectivity index (χ4v) is 1.94. The van der Waals surface area contributed by atoms with E-state index >= 15 is 0 Å². The number of carbonyl (C=O) groups excluding carboxylic acids is 1. The second kappa shape index (κ2) is 8.44. The summed E-state index contributed by atoms with van der Waals surface area (Å²) in [4.78, 5) is 15.5. The van der Waals surface area contributed by atoms with Crippen LogP contribution >= 0.6 is 0 Å². The first-order valence-electron chi connectivity index (χ1n) is 7.22. The van der Waals surface area contributed by atoms with Gasteiger partial charge in [0.15, 0.2) is 11.5 Å². The van der Waals surface area contributed by atoms with Gasteiger partial charge in [0.05, 0.1) is 14.2 Å². The van der Waals surface area contributed by atoms with Gasteiger partial charge < -0.3 is 19.5 Å². The van der Waals surface area contributed by atoms with Crippen molar-refractivity contribution in [1.82, 2.24) is 10.3 Å². The monoisotopic (exact) mass is 326 g/mol. The second-order valence-electron chi connectivity index (χ2n) is 4.66. The van der Waals surface area contributed by atoms with Crippen molar-refractivity contribution in [2.75, 3.05) is 14.2 Å². The zero-order valence-corrected chi connectivity index (χ0v) is 13.8. The predicted octanol–water partition coefficient (Wildman–Crippen LogP) is 2.53. The third kappa shape index (κ3) is 4.40. The highest BCUT2D eigenvalue weighted by atomic mass is 16.5. The summed E-state index contributed by atoms with van der Waals surface area (Å²) in [6.07, 6.45) is 1.62. The van der Waals surface area contributed by atoms with Crippen molar-refractivity contribution in [2.45, 2.75) is 13.5 Å². The largest absolute Gasteiger partial charge is 0.493 e. The van der Waals surface area contributed by atoms with Gasteiger partial charge >= 0.3 is 0 Å². The van der Waals surface area contributed by atoms with Crippen LogP contribution in [0.3, 0.4) is 0 Å². The van der Waals surface area contributed by atoms with Crippen LogP contribution in [0.25, 0.3) is 0 Å². The lowest BCUT2D eigenvalue weighted by atomic mass is 10.2. The summed E-state index contributed by atoms with van der Waals surface area (Å²) in [5, 5.41) is 2.67. The maximum absolute atomic E-state index is 11.3. The van der Waals surface area contributed by atoms with E-state index in [-0.39, 0.29) is 5.91 Å². The van der Waals surface area contributed by atoms with Gasteiger partial charge in [-0.15, -0.1) is 0 Å². The van der Waals surface area contributed by atoms with Crippen LogP contribution in [-0.2, 0) is 11.3 Å². The maximum Gasteiger partial charge on any atom is 0.296 e. The number of nitrogens with zero attached hydrogens (tertiary/aromatic N) is 1. The molecule has 1 N–H and O–H groups in total. The molecule has 2 rings (SSSR count). The molecule has 0 saturated carbocycles. The Bertz CT molecular complexity index is 739. The summed E-state index contributed by atoms with van der Waals surface area (Å²) in [6.45, 7) is 1.96. The molecule has 0 radical (unpaired) electrons. The zero-order chi connectivity index (χ0) is 17.4. The Hall–Kier alpha value is -3.20. The lowest BCUT2D eigenvalue weighted by molar-refractivity contribution is -0.115. The summed E-state index contributed by atoms with van der Waals surface area (Å²) >= 11 is 0. The molecule has 6 nitrogen and oxygen atoms in total. The Morgan fingerprint density at radius 2 is 1.88 bits per heavy atom. The zero-order valence-electron chi connectivity index (χ0n) is 13.8. The van der Waals surface area contributed by atoms with Crippen LogP contribution in [0, 0.1) is 11.8 Å². The van der Waals surface area contributed by atoms with Gasteiger partial charge in [-0.3, -0.25) is 4.79 Å². The second-order valence-corrected chi connectivity index (χ2v) is 4.66. The van der Waals surface area contributed by atoms with Gasteiger partial charge in [-0.1, -0.05) is 18.1 Å². The topological polar surface area (TPSA) is 69.7 Å². The predicted molar refractivity (Wildman–Crippen MR) is 89.2 cm³/mol. The third-order valence-electron chi connectivity index (χ3n) is 3.08. The van der Waals surface area contributed by atoms with Crippen molar-refractivity contribution in [3.63, 3.8) is 0 Å². The number of amides is 1. The molecule has 0 aliphatic heterocycles. The summed E-state index contributed by atoms with van der Waals surface area (Å²) < 4.78 is 16.3. The minimum atomic E-state index is -0.323. The molecule has 0 fully saturated rings. The molecule has 2 aromatic rings. The molecule has 124 valence electrons. The fourth-order valence-electron chi connectivity index (χ4n) is 1.94. The van der Waals surface area contributed by atoms with E-state index in [1.54, 1.807) is 45.5 Å². The van der Waals surface area contributed by atoms with Gasteiger partial charge in [-0.05, 0) is 30.5 Å². The van der Waals surface area contributed by atoms with E-state index in [2.05, 4.69) is 22.1 Å². The number of pyridine rings is 1. The highest BCUT2D eigenvalue weighted by molar-refractivity contribution is 5.93. The average Bonchev–Trinajstić information content (AvgIpc) is 2.61. The van der Waals surface area contributed by atoms with Crippen LogP contribution in [0.2, 0.25) is 0 Å². The molecule has 0 bridgehead atoms. The summed E-state index contributed by atoms with van der Waals surface area (Å²) in [6, 6.07) is 8.87. The number of hydrogen-bond donors (Lipinski definition) is 1. The smallest absolute Gasteiger partial charge is 0.296 e. The highest BCUT2D eigenvalue weighted by Crippen LogP contribution is 2.39. The lowest BCUT2D eigenvalue weighted by Crippen LogP contribution is -2.20. The van der Waals surface area contributed by atoms with Crippen LogP contribution in [0.15, 0.2) is 36.5 Å². The molecule has 24 heavy (non-hydrogen) atoms. The van der Waals surface area contributed by atoms with Gasteiger partial charge in [0, 0.05) is 18.8 Å². The Morgan fingerprint density at radius 3 is 2.42 bits per heavy atom. The molecule has 0 spiro atoms. The van der Waals surface area contributed by atoms with Crippen molar-refractivity contribution in [1.29, 1.82) is 0 Å². The fraction of sp³-hybridized carbons (Fsp3) is 0.222. The van der Waals surface area contributed by atoms with Crippen molar-refractivity contribution in [2.24, 2.45) is 0 Å². The van der Waals surface area contributed by atoms with Crippen LogP contribution in [0.1, 0.15) is 12.5 Å². The van der Waals surface area contributed by atoms with Gasteiger partial charge in [0.1, 0.15) is 0 Å². The van der Waals surface area contributed by atoms with Crippen molar-refractivity contribution in [3.05, 3.63) is 42.1 Å². The number of ether oxygens (including phenoxy) is 3. The highest BCUT2D eigenvalue weighted by Gasteiger charge is 2.13. The number of rotatable bonds is 6. The normalized spacial score (nSPS) is 9.46. The van der Waals surface area contributed by atoms with E-state index in [0.29, 0.717) is 29.7 Å². The molecule has 0 aliphatic rings. The van der Waals surface area contributed by atoms with E-state index < -0.39 is 0 Å². The quantitative estimate of drug-likeness (QED) is 0.826. The van der Waals surface area contributed by atoms with E-state index in [1.165, 1.54) is 0 Å². The molecule has 0 aliphatic carbocycles. The Morgan fingerprint density at radius 1 is 1.17 bits per heavy atom. The van der Waals surface area contributed by atoms with Crippen molar-refractivity contribution < 1.29 is 19.0 Å². The lowest BCUT2D eigenvalue weighted by Gasteiger charge is -2.13. The molecule has 6 heteroatoms. The number of nitrogens with one attached hydrogen (secondary N) is 1. The molecule has 0 unspecified atom stereocenters. The van der Waals surface area contributed by atoms with Gasteiger partial charge in [-0.25, -0.2) is 4.98 Å². The molecule has 1 amide bonds. The number of benzene rings is 1. The molecule has 0 saturated heterocycles. The van der Waals surface area contributed by atoms with Gasteiger partial charge in [0.25, 0.3) is 5.91 Å². The summed E-state index contributed by atoms with van der Waals surface area (Å²) in [5.74, 6) is 6.57. The van der Waals surface area contributed by atoms with E-state index in [4.69, 9.17) is 14.2 Å². The molecular weight excluding hydrogens is 308 g/mol. The molecule has 1 aromatic carbocycles. The average molecular weight is 326 g/mol. The number of para-hydroxylation sites is 1. The SMILES string of the molecule is CC#CC(=O)NCc1ccc(Oc2c(OC)cccc2OC)nc1. The van der Waals surface area contributed by atoms with Crippen molar-refractivity contribution in [3.8, 4) is 35.0 Å². The van der Waals surface area contributed by atoms with Crippen LogP contribution < -0.4 is 19.5 Å². The van der Waals surface area contributed by atoms with Crippen LogP contribution in [0.5, 0.6) is 23.1 Å². The maximum atomic E-state index is 11.3. The standard InChI is InChI=1S/C18H18N2O4/c1-4-6-16(21)19-11-13-9-10-17(20-12-13)24-18-14(22-2)7-5-8-15(18)23-3/h5,7-10,12H,11H2,1-3H3,(H,19,21). The Balaban J connectivity index is 2.09. The minimum Gasteiger partial charge on any atom is -0.493 e. The molecule has 0 atom stereocenters. The number of aromatic nitrogens is 1. The molecular formula is C18H18N2O4. The number of carbonyl (C=O) groups is 1. The molecule has 1 aromatic heterocycles. The third-order valence-corrected chi connectivity index (χ3v) is 3.08. The Kier molecular flexibility index (Phi) is 6.03. The minimum absolute atomic E-state index is 0.323. The van der Waals surface area contributed by atoms with E-state index in [1.807, 2.05) is 12.1 Å². The first-order valence-corrected chi connectivity index (χ1v) is 7.22. The Labute approximate surface area is 140 Å². The summed E-state index contributed by atoms with van der Waals surface area (Å²) in [7, 11) is 3.11.